The van der Waals surface area contributed by atoms with E-state index < -0.39 is 0 Å². The number of likely N-dealkylation sites (tertiary alicyclic amines) is 1. The zero-order chi connectivity index (χ0) is 9.23. The molecule has 72 valence electrons. The minimum atomic E-state index is 0.750. The number of nitrogens with one attached hydrogen (secondary N) is 1. The van der Waals surface area contributed by atoms with Gasteiger partial charge in [-0.25, -0.2) is 0 Å². The monoisotopic (exact) mass is 172 g/mol. The van der Waals surface area contributed by atoms with Gasteiger partial charge in [0.1, 0.15) is 6.29 Å². The Morgan fingerprint density at radius 2 is 1.92 bits per heavy atom. The molecule has 0 spiro atoms. The summed E-state index contributed by atoms with van der Waals surface area (Å²) in [5, 5.41) is 3.15. The second-order valence-corrected chi connectivity index (χ2v) is 2.89. The van der Waals surface area contributed by atoms with Crippen LogP contribution < -0.4 is 5.32 Å². The predicted octanol–water partition coefficient (Wildman–Crippen LogP) is 0.507. The third-order valence-electron chi connectivity index (χ3n) is 1.88. The van der Waals surface area contributed by atoms with Crippen LogP contribution in [0.5, 0.6) is 0 Å². The highest BCUT2D eigenvalue weighted by atomic mass is 16.1. The van der Waals surface area contributed by atoms with Crippen LogP contribution in [0.3, 0.4) is 0 Å². The van der Waals surface area contributed by atoms with E-state index in [1.807, 2.05) is 7.05 Å². The summed E-state index contributed by atoms with van der Waals surface area (Å²) in [5.74, 6) is 0. The molecule has 0 radical (unpaired) electrons. The summed E-state index contributed by atoms with van der Waals surface area (Å²) in [4.78, 5) is 11.3. The average Bonchev–Trinajstić information content (AvgIpc) is 2.54. The van der Waals surface area contributed by atoms with Gasteiger partial charge in [0.2, 0.25) is 0 Å². The van der Waals surface area contributed by atoms with Gasteiger partial charge in [-0.15, -0.1) is 0 Å². The fourth-order valence-electron chi connectivity index (χ4n) is 1.28. The first kappa shape index (κ1) is 11.6. The summed E-state index contributed by atoms with van der Waals surface area (Å²) < 4.78 is 0. The Balaban J connectivity index is 0.000000354. The van der Waals surface area contributed by atoms with E-state index in [4.69, 9.17) is 4.79 Å². The number of hydrogen-bond acceptors (Lipinski definition) is 3. The van der Waals surface area contributed by atoms with Crippen molar-refractivity contribution in [3.8, 4) is 0 Å². The molecular weight excluding hydrogens is 152 g/mol. The lowest BCUT2D eigenvalue weighted by molar-refractivity contribution is -0.106. The number of aldehydes is 1. The second kappa shape index (κ2) is 8.68. The van der Waals surface area contributed by atoms with Crippen molar-refractivity contribution in [3.05, 3.63) is 0 Å². The van der Waals surface area contributed by atoms with Crippen LogP contribution in [0.25, 0.3) is 0 Å². The molecule has 1 saturated heterocycles. The van der Waals surface area contributed by atoms with E-state index in [1.54, 1.807) is 0 Å². The molecule has 1 aliphatic heterocycles. The SMILES string of the molecule is CC=O.CNCCN1CCCC1. The Kier molecular flexibility index (Phi) is 8.39. The van der Waals surface area contributed by atoms with Crippen molar-refractivity contribution < 1.29 is 4.79 Å². The molecule has 0 atom stereocenters. The van der Waals surface area contributed by atoms with Crippen molar-refractivity contribution in [1.82, 2.24) is 10.2 Å². The molecule has 3 nitrogen and oxygen atoms in total. The van der Waals surface area contributed by atoms with Gasteiger partial charge in [-0.2, -0.15) is 0 Å². The Hall–Kier alpha value is -0.410. The zero-order valence-electron chi connectivity index (χ0n) is 8.18. The Bertz CT molecular complexity index is 101. The molecule has 1 rings (SSSR count). The van der Waals surface area contributed by atoms with Gasteiger partial charge in [-0.3, -0.25) is 0 Å². The molecule has 12 heavy (non-hydrogen) atoms. The fourth-order valence-corrected chi connectivity index (χ4v) is 1.28. The van der Waals surface area contributed by atoms with Crippen molar-refractivity contribution in [3.63, 3.8) is 0 Å². The van der Waals surface area contributed by atoms with Crippen molar-refractivity contribution in [2.45, 2.75) is 19.8 Å². The number of likely N-dealkylation sites (N-methyl/N-ethyl adjacent to an activating group) is 1. The van der Waals surface area contributed by atoms with Crippen LogP contribution in [-0.4, -0.2) is 44.4 Å². The largest absolute Gasteiger partial charge is 0.318 e. The minimum absolute atomic E-state index is 0.750. The van der Waals surface area contributed by atoms with Crippen LogP contribution in [0, 0.1) is 0 Å². The van der Waals surface area contributed by atoms with Gasteiger partial charge >= 0.3 is 0 Å². The molecule has 0 aliphatic carbocycles. The van der Waals surface area contributed by atoms with E-state index in [2.05, 4.69) is 10.2 Å². The predicted molar refractivity (Wildman–Crippen MR) is 51.3 cm³/mol. The molecule has 0 aromatic heterocycles. The number of nitrogens with zero attached hydrogens (tertiary/aromatic N) is 1. The lowest BCUT2D eigenvalue weighted by atomic mass is 10.4. The Morgan fingerprint density at radius 1 is 1.42 bits per heavy atom. The lowest BCUT2D eigenvalue weighted by Crippen LogP contribution is -2.27. The maximum absolute atomic E-state index is 8.81. The van der Waals surface area contributed by atoms with Crippen molar-refractivity contribution in [2.75, 3.05) is 33.2 Å². The van der Waals surface area contributed by atoms with Crippen LogP contribution >= 0.6 is 0 Å². The van der Waals surface area contributed by atoms with Crippen LogP contribution in [0.4, 0.5) is 0 Å². The summed E-state index contributed by atoms with van der Waals surface area (Å²) in [6.45, 7) is 6.46. The van der Waals surface area contributed by atoms with Crippen LogP contribution in [-0.2, 0) is 4.79 Å². The van der Waals surface area contributed by atoms with Gasteiger partial charge < -0.3 is 15.0 Å². The fraction of sp³-hybridized carbons (Fsp3) is 0.889. The van der Waals surface area contributed by atoms with E-state index >= 15 is 0 Å². The topological polar surface area (TPSA) is 32.3 Å². The molecule has 0 unspecified atom stereocenters. The molecule has 1 heterocycles. The van der Waals surface area contributed by atoms with Crippen LogP contribution in [0.15, 0.2) is 0 Å². The van der Waals surface area contributed by atoms with Crippen LogP contribution in [0.1, 0.15) is 19.8 Å². The van der Waals surface area contributed by atoms with Crippen molar-refractivity contribution >= 4 is 6.29 Å². The number of rotatable bonds is 3. The highest BCUT2D eigenvalue weighted by Crippen LogP contribution is 2.05. The molecule has 1 fully saturated rings. The van der Waals surface area contributed by atoms with Gasteiger partial charge in [0, 0.05) is 13.1 Å². The third-order valence-corrected chi connectivity index (χ3v) is 1.88. The van der Waals surface area contributed by atoms with E-state index in [-0.39, 0.29) is 0 Å². The number of carbonyl (C=O) groups is 1. The van der Waals surface area contributed by atoms with Gasteiger partial charge in [-0.05, 0) is 39.9 Å². The molecule has 3 heteroatoms. The standard InChI is InChI=1S/C7H16N2.C2H4O/c1-8-4-7-9-5-2-3-6-9;1-2-3/h8H,2-7H2,1H3;2H,1H3. The first-order valence-electron chi connectivity index (χ1n) is 4.62. The molecular formula is C9H20N2O. The number of carbonyl (C=O) groups excluding carboxylic acids is 1. The van der Waals surface area contributed by atoms with Gasteiger partial charge in [0.05, 0.1) is 0 Å². The minimum Gasteiger partial charge on any atom is -0.318 e. The molecule has 1 N–H and O–H groups in total. The van der Waals surface area contributed by atoms with E-state index in [0.29, 0.717) is 0 Å². The zero-order valence-corrected chi connectivity index (χ0v) is 8.18. The van der Waals surface area contributed by atoms with E-state index in [9.17, 15) is 0 Å². The lowest BCUT2D eigenvalue weighted by Gasteiger charge is -2.12. The van der Waals surface area contributed by atoms with Gasteiger partial charge in [-0.1, -0.05) is 0 Å². The summed E-state index contributed by atoms with van der Waals surface area (Å²) in [5.41, 5.74) is 0. The summed E-state index contributed by atoms with van der Waals surface area (Å²) in [6.07, 6.45) is 3.56. The molecule has 0 amide bonds. The Labute approximate surface area is 75.1 Å². The van der Waals surface area contributed by atoms with Gasteiger partial charge in [0.25, 0.3) is 0 Å². The Morgan fingerprint density at radius 3 is 2.33 bits per heavy atom. The summed E-state index contributed by atoms with van der Waals surface area (Å²) in [6, 6.07) is 0. The van der Waals surface area contributed by atoms with E-state index in [0.717, 1.165) is 12.8 Å². The molecule has 1 aliphatic rings. The average molecular weight is 172 g/mol. The summed E-state index contributed by atoms with van der Waals surface area (Å²) >= 11 is 0. The highest BCUT2D eigenvalue weighted by Gasteiger charge is 2.09. The maximum atomic E-state index is 8.81. The van der Waals surface area contributed by atoms with Gasteiger partial charge in [0.15, 0.2) is 0 Å². The quantitative estimate of drug-likeness (QED) is 0.629. The normalized spacial score (nSPS) is 16.8. The second-order valence-electron chi connectivity index (χ2n) is 2.89. The number of hydrogen-bond donors (Lipinski definition) is 1. The van der Waals surface area contributed by atoms with E-state index in [1.165, 1.54) is 39.4 Å². The first-order chi connectivity index (χ1) is 5.85. The first-order valence-corrected chi connectivity index (χ1v) is 4.62. The third kappa shape index (κ3) is 6.31. The smallest absolute Gasteiger partial charge is 0.116 e. The molecule has 0 saturated carbocycles. The molecule has 0 bridgehead atoms. The molecule has 0 aromatic carbocycles. The summed E-state index contributed by atoms with van der Waals surface area (Å²) in [7, 11) is 2.01. The maximum Gasteiger partial charge on any atom is 0.116 e. The van der Waals surface area contributed by atoms with Crippen molar-refractivity contribution in [2.24, 2.45) is 0 Å². The van der Waals surface area contributed by atoms with Crippen LogP contribution in [0.2, 0.25) is 0 Å². The van der Waals surface area contributed by atoms with Crippen molar-refractivity contribution in [1.29, 1.82) is 0 Å². The molecule has 0 aromatic rings. The highest BCUT2D eigenvalue weighted by molar-refractivity contribution is 5.44.